The van der Waals surface area contributed by atoms with Gasteiger partial charge in [0, 0.05) is 33.4 Å². The number of carbonyl (C=O) groups is 2. The number of rotatable bonds is 6. The minimum atomic E-state index is -0.0544. The third-order valence-electron chi connectivity index (χ3n) is 16.4. The van der Waals surface area contributed by atoms with Gasteiger partial charge in [0.25, 0.3) is 0 Å². The van der Waals surface area contributed by atoms with Gasteiger partial charge in [-0.2, -0.15) is 21.0 Å². The van der Waals surface area contributed by atoms with Crippen LogP contribution in [0.3, 0.4) is 0 Å². The van der Waals surface area contributed by atoms with Crippen LogP contribution >= 0.6 is 0 Å². The minimum Gasteiger partial charge on any atom is -0.289 e. The molecule has 0 saturated heterocycles. The largest absolute Gasteiger partial charge is 0.289 e. The molecule has 0 aromatic heterocycles. The van der Waals surface area contributed by atoms with Gasteiger partial charge in [-0.25, -0.2) is 0 Å². The van der Waals surface area contributed by atoms with Crippen molar-refractivity contribution in [1.82, 2.24) is 0 Å². The van der Waals surface area contributed by atoms with Crippen LogP contribution in [0.1, 0.15) is 212 Å². The number of allylic oxidation sites excluding steroid dienone is 8. The molecule has 6 nitrogen and oxygen atoms in total. The lowest BCUT2D eigenvalue weighted by atomic mass is 9.75. The van der Waals surface area contributed by atoms with Gasteiger partial charge in [-0.3, -0.25) is 9.59 Å². The molecule has 5 aliphatic rings. The Balaban J connectivity index is 0.844. The Bertz CT molecular complexity index is 2260. The van der Waals surface area contributed by atoms with E-state index in [2.05, 4.69) is 18.2 Å². The smallest absolute Gasteiger partial charge is 0.194 e. The number of carbonyl (C=O) groups excluding carboxylic acids is 2. The van der Waals surface area contributed by atoms with E-state index in [-0.39, 0.29) is 28.6 Å². The maximum absolute atomic E-state index is 13.6. The highest BCUT2D eigenvalue weighted by molar-refractivity contribution is 6.28. The summed E-state index contributed by atoms with van der Waals surface area (Å²) in [7, 11) is 0. The van der Waals surface area contributed by atoms with Crippen molar-refractivity contribution >= 4 is 22.7 Å². The van der Waals surface area contributed by atoms with Crippen LogP contribution in [0.25, 0.3) is 11.1 Å². The summed E-state index contributed by atoms with van der Waals surface area (Å²) in [4.78, 5) is 27.0. The minimum absolute atomic E-state index is 0.0299. The molecular weight excluding hydrogens is 809 g/mol. The second-order valence-electron chi connectivity index (χ2n) is 20.7. The van der Waals surface area contributed by atoms with Gasteiger partial charge in [-0.05, 0) is 72.3 Å². The molecule has 0 spiro atoms. The fourth-order valence-corrected chi connectivity index (χ4v) is 12.8. The number of hydrogen-bond donors (Lipinski definition) is 0. The van der Waals surface area contributed by atoms with Gasteiger partial charge < -0.3 is 0 Å². The highest BCUT2D eigenvalue weighted by Gasteiger charge is 2.34. The highest BCUT2D eigenvalue weighted by Crippen LogP contribution is 2.43. The predicted molar refractivity (Wildman–Crippen MR) is 264 cm³/mol. The van der Waals surface area contributed by atoms with Crippen LogP contribution in [0.2, 0.25) is 0 Å². The number of fused-ring (bicyclic) bond motifs is 2. The van der Waals surface area contributed by atoms with Crippen molar-refractivity contribution in [2.75, 3.05) is 0 Å². The van der Waals surface area contributed by atoms with E-state index in [1.54, 1.807) is 0 Å². The average molecular weight is 881 g/mol. The first kappa shape index (κ1) is 48.6. The molecule has 344 valence electrons. The van der Waals surface area contributed by atoms with Gasteiger partial charge >= 0.3 is 0 Å². The third-order valence-corrected chi connectivity index (χ3v) is 16.4. The van der Waals surface area contributed by atoms with Crippen molar-refractivity contribution in [2.45, 2.75) is 180 Å². The Morgan fingerprint density at radius 3 is 1.23 bits per heavy atom. The van der Waals surface area contributed by atoms with Crippen molar-refractivity contribution in [3.05, 3.63) is 105 Å². The van der Waals surface area contributed by atoms with Crippen molar-refractivity contribution in [1.29, 1.82) is 21.0 Å². The molecule has 0 atom stereocenters. The fraction of sp³-hybridized carbons (Fsp3) is 0.567. The lowest BCUT2D eigenvalue weighted by molar-refractivity contribution is 0.103. The van der Waals surface area contributed by atoms with E-state index in [9.17, 15) is 30.6 Å². The molecule has 0 radical (unpaired) electrons. The zero-order valence-corrected chi connectivity index (χ0v) is 39.6. The van der Waals surface area contributed by atoms with E-state index >= 15 is 0 Å². The molecule has 2 aromatic carbocycles. The predicted octanol–water partition coefficient (Wildman–Crippen LogP) is 15.9. The maximum Gasteiger partial charge on any atom is 0.194 e. The number of nitrogens with zero attached hydrogens (tertiary/aromatic N) is 4. The first-order valence-electron chi connectivity index (χ1n) is 26.2. The molecule has 0 amide bonds. The van der Waals surface area contributed by atoms with Crippen LogP contribution in [0.4, 0.5) is 0 Å². The van der Waals surface area contributed by atoms with Crippen LogP contribution in [0.5, 0.6) is 0 Å². The van der Waals surface area contributed by atoms with Crippen molar-refractivity contribution in [3.8, 4) is 24.3 Å². The Labute approximate surface area is 396 Å². The Morgan fingerprint density at radius 1 is 0.439 bits per heavy atom. The topological polar surface area (TPSA) is 129 Å². The molecule has 7 rings (SSSR count). The van der Waals surface area contributed by atoms with E-state index in [1.165, 1.54) is 148 Å². The summed E-state index contributed by atoms with van der Waals surface area (Å²) in [6.45, 7) is 0. The lowest BCUT2D eigenvalue weighted by Gasteiger charge is -2.31. The van der Waals surface area contributed by atoms with E-state index < -0.39 is 0 Å². The first-order chi connectivity index (χ1) is 32.4. The Morgan fingerprint density at radius 2 is 0.788 bits per heavy atom. The van der Waals surface area contributed by atoms with E-state index in [0.717, 1.165) is 66.9 Å². The van der Waals surface area contributed by atoms with Crippen LogP contribution in [-0.2, 0) is 0 Å². The summed E-state index contributed by atoms with van der Waals surface area (Å²) in [5, 5.41) is 39.0. The molecule has 0 bridgehead atoms. The first-order valence-corrected chi connectivity index (χ1v) is 26.2. The molecule has 0 N–H and O–H groups in total. The lowest BCUT2D eigenvalue weighted by Crippen LogP contribution is -2.18. The fourth-order valence-electron chi connectivity index (χ4n) is 12.8. The van der Waals surface area contributed by atoms with E-state index in [0.29, 0.717) is 39.3 Å². The van der Waals surface area contributed by atoms with Gasteiger partial charge in [0.05, 0.1) is 0 Å². The molecule has 66 heavy (non-hydrogen) atoms. The number of ketones is 2. The molecule has 5 aliphatic carbocycles. The molecule has 0 aliphatic heterocycles. The summed E-state index contributed by atoms with van der Waals surface area (Å²) in [6.07, 6.45) is 39.9. The van der Waals surface area contributed by atoms with Gasteiger partial charge in [-0.15, -0.1) is 0 Å². The zero-order chi connectivity index (χ0) is 46.1. The molecule has 3 saturated carbocycles. The molecular formula is C60H72N4O2. The normalized spacial score (nSPS) is 27.5. The Kier molecular flexibility index (Phi) is 18.4. The van der Waals surface area contributed by atoms with Crippen molar-refractivity contribution in [3.63, 3.8) is 0 Å². The van der Waals surface area contributed by atoms with Gasteiger partial charge in [0.15, 0.2) is 11.6 Å². The highest BCUT2D eigenvalue weighted by atomic mass is 16.1. The van der Waals surface area contributed by atoms with Crippen molar-refractivity contribution in [2.24, 2.45) is 35.5 Å². The molecule has 6 heteroatoms. The summed E-state index contributed by atoms with van der Waals surface area (Å²) >= 11 is 0. The average Bonchev–Trinajstić information content (AvgIpc) is 3.77. The quantitative estimate of drug-likeness (QED) is 0.210. The SMILES string of the molecule is N#CC(C#N)=C1/C(=C/CC2CCCCC(CC3CCCCC(C4CCCCCC(/C=C5\C(=O)c6ccccc6C5=C(C#N)C#N)CCCCC4)CCCC3)CCCC2)C(=O)c2ccccc21. The summed E-state index contributed by atoms with van der Waals surface area (Å²) in [5.41, 5.74) is 4.89. The monoisotopic (exact) mass is 881 g/mol. The maximum atomic E-state index is 13.6. The molecule has 2 aromatic rings. The van der Waals surface area contributed by atoms with Crippen LogP contribution in [0, 0.1) is 80.8 Å². The van der Waals surface area contributed by atoms with Crippen LogP contribution in [0.15, 0.2) is 83.0 Å². The summed E-state index contributed by atoms with van der Waals surface area (Å²) in [5.74, 6) is 4.17. The van der Waals surface area contributed by atoms with E-state index in [4.69, 9.17) is 0 Å². The summed E-state index contributed by atoms with van der Waals surface area (Å²) < 4.78 is 0. The number of nitriles is 4. The number of Topliss-reactive ketones (excluding diaryl/α,β-unsaturated/α-hetero) is 2. The Hall–Kier alpha value is -5.30. The third kappa shape index (κ3) is 12.4. The number of hydrogen-bond acceptors (Lipinski definition) is 6. The molecule has 3 fully saturated rings. The molecule has 0 heterocycles. The molecule has 0 unspecified atom stereocenters. The van der Waals surface area contributed by atoms with Gasteiger partial charge in [-0.1, -0.05) is 215 Å². The van der Waals surface area contributed by atoms with Gasteiger partial charge in [0.2, 0.25) is 0 Å². The van der Waals surface area contributed by atoms with Crippen LogP contribution in [-0.4, -0.2) is 11.6 Å². The van der Waals surface area contributed by atoms with Gasteiger partial charge in [0.1, 0.15) is 35.4 Å². The van der Waals surface area contributed by atoms with Crippen molar-refractivity contribution < 1.29 is 9.59 Å². The second kappa shape index (κ2) is 25.0. The standard InChI is InChI=1S/C60H72N4O2/c61-39-49(40-62)57-51-31-15-17-33-53(51)59(65)55(57)36-35-43-19-7-9-23-44(24-10-8-20-43)37-45-25-11-13-29-48(30-14-12-26-45)47-27-5-1-3-21-46(22-4-2-6-28-47)38-56-58(50(41-63)42-64)52-32-16-18-34-54(52)60(56)66/h15-18,31-34,36,38,43-48H,1-14,19-30,35,37H2/b55-36-,56-38-. The zero-order valence-electron chi connectivity index (χ0n) is 39.6. The summed E-state index contributed by atoms with van der Waals surface area (Å²) in [6, 6.07) is 23.1. The number of benzene rings is 2. The van der Waals surface area contributed by atoms with E-state index in [1.807, 2.05) is 66.7 Å². The van der Waals surface area contributed by atoms with Crippen LogP contribution < -0.4 is 0 Å². The second-order valence-corrected chi connectivity index (χ2v) is 20.7.